The number of nitrogens with zero attached hydrogens (tertiary/aromatic N) is 1. The maximum absolute atomic E-state index is 11.8. The van der Waals surface area contributed by atoms with E-state index in [1.807, 2.05) is 0 Å². The van der Waals surface area contributed by atoms with E-state index in [-0.39, 0.29) is 37.0 Å². The van der Waals surface area contributed by atoms with E-state index in [4.69, 9.17) is 0 Å². The summed E-state index contributed by atoms with van der Waals surface area (Å²) in [5, 5.41) is 3.93. The Morgan fingerprint density at radius 1 is 1.25 bits per heavy atom. The number of likely N-dealkylation sites (tertiary alicyclic amines) is 1. The standard InChI is InChI=1S/C13H20N2O3S2/c16-10(9-15-12(17)4-5-13(15)18)6-8-19-20-11-3-1-2-7-14-11/h11,14H,1-9H2. The number of Topliss-reactive ketones (excluding diaryl/α,β-unsaturated/α-hetero) is 1. The molecule has 2 amide bonds. The first-order valence-electron chi connectivity index (χ1n) is 7.03. The third kappa shape index (κ3) is 4.79. The van der Waals surface area contributed by atoms with Crippen LogP contribution in [0.3, 0.4) is 0 Å². The Balaban J connectivity index is 1.58. The predicted molar refractivity (Wildman–Crippen MR) is 81.3 cm³/mol. The number of piperidine rings is 1. The van der Waals surface area contributed by atoms with Gasteiger partial charge in [-0.2, -0.15) is 0 Å². The van der Waals surface area contributed by atoms with Gasteiger partial charge in [0, 0.05) is 25.0 Å². The lowest BCUT2D eigenvalue weighted by Crippen LogP contribution is -2.34. The smallest absolute Gasteiger partial charge is 0.230 e. The number of ketones is 1. The van der Waals surface area contributed by atoms with E-state index in [0.717, 1.165) is 17.2 Å². The van der Waals surface area contributed by atoms with Gasteiger partial charge in [-0.3, -0.25) is 19.3 Å². The lowest BCUT2D eigenvalue weighted by Gasteiger charge is -2.22. The van der Waals surface area contributed by atoms with Crippen LogP contribution in [0.5, 0.6) is 0 Å². The van der Waals surface area contributed by atoms with Crippen LogP contribution in [0.2, 0.25) is 0 Å². The van der Waals surface area contributed by atoms with Crippen LogP contribution in [0.1, 0.15) is 38.5 Å². The van der Waals surface area contributed by atoms with Crippen LogP contribution in [0.25, 0.3) is 0 Å². The number of hydrogen-bond donors (Lipinski definition) is 1. The summed E-state index contributed by atoms with van der Waals surface area (Å²) >= 11 is 0. The van der Waals surface area contributed by atoms with Crippen molar-refractivity contribution >= 4 is 39.2 Å². The minimum absolute atomic E-state index is 0.0293. The average Bonchev–Trinajstić information content (AvgIpc) is 2.77. The van der Waals surface area contributed by atoms with Crippen LogP contribution in [0, 0.1) is 0 Å². The van der Waals surface area contributed by atoms with E-state index in [9.17, 15) is 14.4 Å². The first-order chi connectivity index (χ1) is 9.66. The molecule has 2 fully saturated rings. The molecule has 1 N–H and O–H groups in total. The predicted octanol–water partition coefficient (Wildman–Crippen LogP) is 1.58. The molecule has 0 bridgehead atoms. The number of rotatable bonds is 7. The highest BCUT2D eigenvalue weighted by Gasteiger charge is 2.30. The van der Waals surface area contributed by atoms with E-state index in [1.165, 1.54) is 19.3 Å². The first kappa shape index (κ1) is 15.9. The summed E-state index contributed by atoms with van der Waals surface area (Å²) in [6, 6.07) is 0. The molecule has 0 saturated carbocycles. The maximum atomic E-state index is 11.8. The second-order valence-electron chi connectivity index (χ2n) is 5.02. The zero-order chi connectivity index (χ0) is 14.4. The normalized spacial score (nSPS) is 23.4. The van der Waals surface area contributed by atoms with Crippen molar-refractivity contribution in [3.63, 3.8) is 0 Å². The number of carbonyl (C=O) groups is 3. The Hall–Kier alpha value is -0.530. The summed E-state index contributed by atoms with van der Waals surface area (Å²) in [6.07, 6.45) is 4.62. The SMILES string of the molecule is O=C(CCSSC1CCCCN1)CN1C(=O)CCC1=O. The van der Waals surface area contributed by atoms with Crippen LogP contribution >= 0.6 is 21.6 Å². The molecule has 1 unspecified atom stereocenters. The molecule has 0 aromatic heterocycles. The van der Waals surface area contributed by atoms with Gasteiger partial charge < -0.3 is 5.32 Å². The lowest BCUT2D eigenvalue weighted by atomic mass is 10.2. The second kappa shape index (κ2) is 8.05. The first-order valence-corrected chi connectivity index (χ1v) is 9.41. The summed E-state index contributed by atoms with van der Waals surface area (Å²) in [6.45, 7) is 1.04. The van der Waals surface area contributed by atoms with Gasteiger partial charge in [0.05, 0.1) is 11.9 Å². The monoisotopic (exact) mass is 316 g/mol. The molecule has 0 spiro atoms. The number of imide groups is 1. The molecule has 112 valence electrons. The summed E-state index contributed by atoms with van der Waals surface area (Å²) in [5.74, 6) is 0.282. The highest BCUT2D eigenvalue weighted by atomic mass is 33.1. The summed E-state index contributed by atoms with van der Waals surface area (Å²) < 4.78 is 0. The van der Waals surface area contributed by atoms with Crippen molar-refractivity contribution in [2.75, 3.05) is 18.8 Å². The van der Waals surface area contributed by atoms with Crippen molar-refractivity contribution in [1.82, 2.24) is 10.2 Å². The number of carbonyl (C=O) groups excluding carboxylic acids is 3. The number of hydrogen-bond acceptors (Lipinski definition) is 6. The summed E-state index contributed by atoms with van der Waals surface area (Å²) in [5.41, 5.74) is 0. The van der Waals surface area contributed by atoms with Crippen molar-refractivity contribution in [3.05, 3.63) is 0 Å². The molecule has 0 aromatic rings. The third-order valence-corrected chi connectivity index (χ3v) is 6.15. The Morgan fingerprint density at radius 2 is 2.00 bits per heavy atom. The van der Waals surface area contributed by atoms with Crippen molar-refractivity contribution in [2.24, 2.45) is 0 Å². The van der Waals surface area contributed by atoms with Gasteiger partial charge in [0.1, 0.15) is 0 Å². The summed E-state index contributed by atoms with van der Waals surface area (Å²) in [4.78, 5) is 35.6. The van der Waals surface area contributed by atoms with Gasteiger partial charge in [-0.15, -0.1) is 0 Å². The van der Waals surface area contributed by atoms with Crippen LogP contribution in [0.4, 0.5) is 0 Å². The molecule has 2 heterocycles. The van der Waals surface area contributed by atoms with Crippen molar-refractivity contribution in [1.29, 1.82) is 0 Å². The van der Waals surface area contributed by atoms with Crippen LogP contribution in [-0.2, 0) is 14.4 Å². The Bertz CT molecular complexity index is 368. The molecule has 2 aliphatic heterocycles. The molecule has 2 rings (SSSR count). The average molecular weight is 316 g/mol. The highest BCUT2D eigenvalue weighted by molar-refractivity contribution is 8.76. The zero-order valence-corrected chi connectivity index (χ0v) is 13.1. The third-order valence-electron chi connectivity index (χ3n) is 3.40. The van der Waals surface area contributed by atoms with E-state index in [2.05, 4.69) is 5.32 Å². The highest BCUT2D eigenvalue weighted by Crippen LogP contribution is 2.30. The van der Waals surface area contributed by atoms with Crippen molar-refractivity contribution in [3.8, 4) is 0 Å². The van der Waals surface area contributed by atoms with Gasteiger partial charge in [0.15, 0.2) is 5.78 Å². The fourth-order valence-corrected chi connectivity index (χ4v) is 4.79. The fourth-order valence-electron chi connectivity index (χ4n) is 2.24. The summed E-state index contributed by atoms with van der Waals surface area (Å²) in [7, 11) is 3.48. The zero-order valence-electron chi connectivity index (χ0n) is 11.4. The molecule has 1 atom stereocenters. The van der Waals surface area contributed by atoms with Gasteiger partial charge in [0.25, 0.3) is 0 Å². The molecule has 20 heavy (non-hydrogen) atoms. The van der Waals surface area contributed by atoms with Crippen molar-refractivity contribution in [2.45, 2.75) is 43.9 Å². The quantitative estimate of drug-likeness (QED) is 0.437. The lowest BCUT2D eigenvalue weighted by molar-refractivity contribution is -0.141. The van der Waals surface area contributed by atoms with Gasteiger partial charge >= 0.3 is 0 Å². The molecular weight excluding hydrogens is 296 g/mol. The van der Waals surface area contributed by atoms with E-state index < -0.39 is 0 Å². The van der Waals surface area contributed by atoms with Crippen LogP contribution in [-0.4, -0.2) is 46.7 Å². The maximum Gasteiger partial charge on any atom is 0.230 e. The van der Waals surface area contributed by atoms with Gasteiger partial charge in [-0.25, -0.2) is 0 Å². The minimum Gasteiger partial charge on any atom is -0.305 e. The number of nitrogens with one attached hydrogen (secondary N) is 1. The second-order valence-corrected chi connectivity index (χ2v) is 7.71. The molecule has 0 radical (unpaired) electrons. The molecule has 2 saturated heterocycles. The van der Waals surface area contributed by atoms with Crippen molar-refractivity contribution < 1.29 is 14.4 Å². The molecule has 0 aliphatic carbocycles. The van der Waals surface area contributed by atoms with E-state index in [0.29, 0.717) is 11.8 Å². The number of amides is 2. The van der Waals surface area contributed by atoms with Gasteiger partial charge in [0.2, 0.25) is 11.8 Å². The molecule has 0 aromatic carbocycles. The van der Waals surface area contributed by atoms with E-state index >= 15 is 0 Å². The Labute approximate surface area is 127 Å². The topological polar surface area (TPSA) is 66.5 Å². The van der Waals surface area contributed by atoms with Crippen LogP contribution in [0.15, 0.2) is 0 Å². The molecule has 2 aliphatic rings. The minimum atomic E-state index is -0.211. The Morgan fingerprint density at radius 3 is 2.65 bits per heavy atom. The van der Waals surface area contributed by atoms with Gasteiger partial charge in [-0.1, -0.05) is 21.6 Å². The molecule has 7 heteroatoms. The Kier molecular flexibility index (Phi) is 6.38. The molecular formula is C13H20N2O3S2. The van der Waals surface area contributed by atoms with E-state index in [1.54, 1.807) is 21.6 Å². The van der Waals surface area contributed by atoms with Gasteiger partial charge in [-0.05, 0) is 25.8 Å². The molecule has 5 nitrogen and oxygen atoms in total. The largest absolute Gasteiger partial charge is 0.305 e. The fraction of sp³-hybridized carbons (Fsp3) is 0.769. The van der Waals surface area contributed by atoms with Crippen LogP contribution < -0.4 is 5.32 Å².